The molecule has 0 heterocycles. The van der Waals surface area contributed by atoms with Crippen molar-refractivity contribution in [2.24, 2.45) is 11.8 Å². The summed E-state index contributed by atoms with van der Waals surface area (Å²) >= 11 is 0. The van der Waals surface area contributed by atoms with E-state index in [9.17, 15) is 28.2 Å². The van der Waals surface area contributed by atoms with E-state index < -0.39 is 33.8 Å². The number of benzene rings is 2. The molecule has 0 aliphatic carbocycles. The van der Waals surface area contributed by atoms with Crippen molar-refractivity contribution in [3.05, 3.63) is 65.7 Å². The highest BCUT2D eigenvalue weighted by Gasteiger charge is 2.26. The third-order valence-electron chi connectivity index (χ3n) is 5.94. The summed E-state index contributed by atoms with van der Waals surface area (Å²) in [4.78, 5) is 23.7. The highest BCUT2D eigenvalue weighted by molar-refractivity contribution is 7.89. The van der Waals surface area contributed by atoms with Gasteiger partial charge in [0.2, 0.25) is 10.0 Å². The first-order valence-electron chi connectivity index (χ1n) is 11.8. The van der Waals surface area contributed by atoms with E-state index in [-0.39, 0.29) is 17.9 Å². The van der Waals surface area contributed by atoms with Crippen LogP contribution in [0.5, 0.6) is 0 Å². The predicted octanol–water partition coefficient (Wildman–Crippen LogP) is 4.51. The van der Waals surface area contributed by atoms with Gasteiger partial charge in [-0.2, -0.15) is 0 Å². The Morgan fingerprint density at radius 1 is 0.824 bits per heavy atom. The van der Waals surface area contributed by atoms with Crippen LogP contribution in [-0.2, 0) is 32.5 Å². The molecule has 0 aromatic heterocycles. The minimum atomic E-state index is -3.59. The topological polar surface area (TPSA) is 121 Å². The maximum Gasteiger partial charge on any atom is 0.306 e. The number of rotatable bonds is 16. The Hall–Kier alpha value is -2.71. The van der Waals surface area contributed by atoms with Gasteiger partial charge < -0.3 is 10.2 Å². The maximum absolute atomic E-state index is 12.2. The number of carboxylic acids is 2. The molecule has 0 spiro atoms. The van der Waals surface area contributed by atoms with Crippen molar-refractivity contribution in [2.45, 2.75) is 63.2 Å². The summed E-state index contributed by atoms with van der Waals surface area (Å²) in [5.41, 5.74) is 2.29. The lowest BCUT2D eigenvalue weighted by Gasteiger charge is -2.18. The molecule has 2 aromatic rings. The summed E-state index contributed by atoms with van der Waals surface area (Å²) in [5, 5.41) is 19.2. The summed E-state index contributed by atoms with van der Waals surface area (Å²) in [6.45, 7) is 2.31. The van der Waals surface area contributed by atoms with Crippen molar-refractivity contribution >= 4 is 22.0 Å². The smallest absolute Gasteiger partial charge is 0.306 e. The lowest BCUT2D eigenvalue weighted by Crippen LogP contribution is -2.26. The van der Waals surface area contributed by atoms with Gasteiger partial charge in [-0.25, -0.2) is 13.1 Å². The van der Waals surface area contributed by atoms with Crippen LogP contribution in [-0.4, -0.2) is 37.1 Å². The molecule has 0 bridgehead atoms. The van der Waals surface area contributed by atoms with Crippen molar-refractivity contribution < 1.29 is 28.2 Å². The lowest BCUT2D eigenvalue weighted by atomic mass is 9.87. The zero-order valence-electron chi connectivity index (χ0n) is 19.7. The summed E-state index contributed by atoms with van der Waals surface area (Å²) in [6, 6.07) is 16.2. The van der Waals surface area contributed by atoms with Crippen LogP contribution in [0.25, 0.3) is 0 Å². The Balaban J connectivity index is 1.81. The molecule has 0 fully saturated rings. The number of aryl methyl sites for hydroxylation is 2. The fourth-order valence-electron chi connectivity index (χ4n) is 3.94. The van der Waals surface area contributed by atoms with Crippen LogP contribution < -0.4 is 4.72 Å². The van der Waals surface area contributed by atoms with E-state index in [1.807, 2.05) is 12.1 Å². The highest BCUT2D eigenvalue weighted by Crippen LogP contribution is 2.23. The van der Waals surface area contributed by atoms with Gasteiger partial charge in [-0.15, -0.1) is 0 Å². The predicted molar refractivity (Wildman–Crippen MR) is 131 cm³/mol. The fraction of sp³-hybridized carbons (Fsp3) is 0.462. The Kier molecular flexibility index (Phi) is 11.2. The Morgan fingerprint density at radius 3 is 1.94 bits per heavy atom. The second-order valence-corrected chi connectivity index (χ2v) is 10.4. The minimum Gasteiger partial charge on any atom is -0.481 e. The molecule has 2 atom stereocenters. The number of sulfonamides is 1. The van der Waals surface area contributed by atoms with Gasteiger partial charge in [-0.3, -0.25) is 9.59 Å². The van der Waals surface area contributed by atoms with Gasteiger partial charge in [0.05, 0.1) is 16.7 Å². The zero-order chi connectivity index (χ0) is 25.0. The molecule has 0 aliphatic heterocycles. The van der Waals surface area contributed by atoms with Crippen molar-refractivity contribution in [3.8, 4) is 0 Å². The third-order valence-corrected chi connectivity index (χ3v) is 7.41. The van der Waals surface area contributed by atoms with Crippen molar-refractivity contribution in [1.82, 2.24) is 4.72 Å². The highest BCUT2D eigenvalue weighted by atomic mass is 32.2. The van der Waals surface area contributed by atoms with E-state index in [2.05, 4.69) is 23.8 Å². The Labute approximate surface area is 202 Å². The number of nitrogens with one attached hydrogen (secondary N) is 1. The van der Waals surface area contributed by atoms with Gasteiger partial charge in [0, 0.05) is 6.54 Å². The molecule has 186 valence electrons. The third kappa shape index (κ3) is 9.27. The van der Waals surface area contributed by atoms with Crippen LogP contribution >= 0.6 is 0 Å². The average molecular weight is 490 g/mol. The monoisotopic (exact) mass is 489 g/mol. The maximum atomic E-state index is 12.2. The van der Waals surface area contributed by atoms with Crippen LogP contribution in [0.1, 0.15) is 56.6 Å². The van der Waals surface area contributed by atoms with Crippen molar-refractivity contribution in [2.75, 3.05) is 6.54 Å². The average Bonchev–Trinajstić information content (AvgIpc) is 2.81. The largest absolute Gasteiger partial charge is 0.481 e. The molecule has 2 aromatic carbocycles. The SMILES string of the molecule is CCCc1ccc(CC[C@H](CC(CCCCNS(=O)(=O)c2ccccc2)C(=O)O)C(=O)O)cc1. The molecule has 0 saturated carbocycles. The molecule has 0 aliphatic rings. The van der Waals surface area contributed by atoms with Crippen LogP contribution in [0.4, 0.5) is 0 Å². The number of unbranched alkanes of at least 4 members (excludes halogenated alkanes) is 1. The number of hydrogen-bond acceptors (Lipinski definition) is 4. The van der Waals surface area contributed by atoms with Gasteiger partial charge in [0.1, 0.15) is 0 Å². The van der Waals surface area contributed by atoms with Gasteiger partial charge in [0.25, 0.3) is 0 Å². The van der Waals surface area contributed by atoms with Crippen LogP contribution in [0.3, 0.4) is 0 Å². The van der Waals surface area contributed by atoms with Gasteiger partial charge in [-0.05, 0) is 61.8 Å². The van der Waals surface area contributed by atoms with Gasteiger partial charge in [-0.1, -0.05) is 62.2 Å². The Morgan fingerprint density at radius 2 is 1.38 bits per heavy atom. The molecule has 0 radical (unpaired) electrons. The first-order chi connectivity index (χ1) is 16.2. The summed E-state index contributed by atoms with van der Waals surface area (Å²) < 4.78 is 27.0. The van der Waals surface area contributed by atoms with Crippen LogP contribution in [0.2, 0.25) is 0 Å². The van der Waals surface area contributed by atoms with Gasteiger partial charge in [0.15, 0.2) is 0 Å². The van der Waals surface area contributed by atoms with Crippen molar-refractivity contribution in [3.63, 3.8) is 0 Å². The molecule has 2 rings (SSSR count). The molecule has 0 saturated heterocycles. The Bertz CT molecular complexity index is 1010. The molecule has 1 unspecified atom stereocenters. The summed E-state index contributed by atoms with van der Waals surface area (Å²) in [5.74, 6) is -3.52. The quantitative estimate of drug-likeness (QED) is 0.298. The molecule has 0 amide bonds. The molecule has 8 heteroatoms. The lowest BCUT2D eigenvalue weighted by molar-refractivity contribution is -0.146. The zero-order valence-corrected chi connectivity index (χ0v) is 20.5. The molecular formula is C26H35NO6S. The second kappa shape index (κ2) is 13.9. The number of aliphatic carboxylic acids is 2. The first-order valence-corrected chi connectivity index (χ1v) is 13.3. The second-order valence-electron chi connectivity index (χ2n) is 8.62. The molecule has 3 N–H and O–H groups in total. The standard InChI is InChI=1S/C26H35NO6S/c1-2-8-20-12-14-21(15-13-20)16-17-23(26(30)31)19-22(25(28)29)9-6-7-18-27-34(32,33)24-10-4-3-5-11-24/h3-5,10-15,22-23,27H,2,6-9,16-19H2,1H3,(H,28,29)(H,30,31)/t22?,23-/m1/s1. The van der Waals surface area contributed by atoms with E-state index in [1.54, 1.807) is 18.2 Å². The fourth-order valence-corrected chi connectivity index (χ4v) is 5.03. The molecular weight excluding hydrogens is 454 g/mol. The van der Waals surface area contributed by atoms with E-state index in [1.165, 1.54) is 17.7 Å². The minimum absolute atomic E-state index is 0.0638. The summed E-state index contributed by atoms with van der Waals surface area (Å²) in [7, 11) is -3.59. The van der Waals surface area contributed by atoms with Crippen molar-refractivity contribution in [1.29, 1.82) is 0 Å². The molecule has 34 heavy (non-hydrogen) atoms. The van der Waals surface area contributed by atoms with Gasteiger partial charge >= 0.3 is 11.9 Å². The first kappa shape index (κ1) is 27.5. The van der Waals surface area contributed by atoms with Crippen LogP contribution in [0, 0.1) is 11.8 Å². The van der Waals surface area contributed by atoms with E-state index in [0.29, 0.717) is 32.1 Å². The van der Waals surface area contributed by atoms with E-state index in [0.717, 1.165) is 18.4 Å². The van der Waals surface area contributed by atoms with E-state index >= 15 is 0 Å². The number of carboxylic acid groups (broad SMARTS) is 2. The normalized spacial score (nSPS) is 13.3. The molecule has 7 nitrogen and oxygen atoms in total. The number of carbonyl (C=O) groups is 2. The summed E-state index contributed by atoms with van der Waals surface area (Å²) in [6.07, 6.45) is 4.35. The number of hydrogen-bond donors (Lipinski definition) is 3. The van der Waals surface area contributed by atoms with E-state index in [4.69, 9.17) is 0 Å². The van der Waals surface area contributed by atoms with Crippen LogP contribution in [0.15, 0.2) is 59.5 Å².